The Kier molecular flexibility index (Phi) is 3.74. The number of thiophene rings is 1. The second kappa shape index (κ2) is 5.52. The molecule has 1 heterocycles. The van der Waals surface area contributed by atoms with Crippen LogP contribution in [-0.2, 0) is 0 Å². The van der Waals surface area contributed by atoms with Gasteiger partial charge < -0.3 is 5.32 Å². The molecule has 0 bridgehead atoms. The van der Waals surface area contributed by atoms with E-state index in [4.69, 9.17) is 11.6 Å². The van der Waals surface area contributed by atoms with Gasteiger partial charge in [0.2, 0.25) is 0 Å². The van der Waals surface area contributed by atoms with E-state index in [-0.39, 0.29) is 16.9 Å². The molecule has 20 heavy (non-hydrogen) atoms. The van der Waals surface area contributed by atoms with E-state index in [0.717, 1.165) is 11.1 Å². The van der Waals surface area contributed by atoms with Crippen molar-refractivity contribution < 1.29 is 4.39 Å². The SMILES string of the molecule is CNC(c1cccc(F)c1Cl)c1cccc2ccsc12. The third-order valence-corrected chi connectivity index (χ3v) is 4.78. The number of rotatable bonds is 3. The maximum atomic E-state index is 13.7. The minimum absolute atomic E-state index is 0.124. The molecule has 0 saturated heterocycles. The van der Waals surface area contributed by atoms with Crippen LogP contribution < -0.4 is 5.32 Å². The first kappa shape index (κ1) is 13.6. The van der Waals surface area contributed by atoms with Crippen molar-refractivity contribution in [2.75, 3.05) is 7.05 Å². The van der Waals surface area contributed by atoms with Crippen molar-refractivity contribution in [2.24, 2.45) is 0 Å². The molecule has 4 heteroatoms. The number of hydrogen-bond donors (Lipinski definition) is 1. The minimum Gasteiger partial charge on any atom is -0.309 e. The molecule has 102 valence electrons. The first-order chi connectivity index (χ1) is 9.72. The smallest absolute Gasteiger partial charge is 0.142 e. The predicted octanol–water partition coefficient (Wildman–Crippen LogP) is 5.00. The summed E-state index contributed by atoms with van der Waals surface area (Å²) in [7, 11) is 1.86. The number of hydrogen-bond acceptors (Lipinski definition) is 2. The fraction of sp³-hybridized carbons (Fsp3) is 0.125. The van der Waals surface area contributed by atoms with Crippen LogP contribution in [0.3, 0.4) is 0 Å². The molecule has 3 aromatic rings. The molecule has 0 amide bonds. The van der Waals surface area contributed by atoms with Gasteiger partial charge >= 0.3 is 0 Å². The second-order valence-corrected chi connectivity index (χ2v) is 5.85. The van der Waals surface area contributed by atoms with Gasteiger partial charge in [-0.05, 0) is 41.1 Å². The monoisotopic (exact) mass is 305 g/mol. The summed E-state index contributed by atoms with van der Waals surface area (Å²) in [5, 5.41) is 6.68. The molecule has 1 atom stereocenters. The third-order valence-electron chi connectivity index (χ3n) is 3.40. The van der Waals surface area contributed by atoms with E-state index in [9.17, 15) is 4.39 Å². The van der Waals surface area contributed by atoms with E-state index in [2.05, 4.69) is 28.9 Å². The van der Waals surface area contributed by atoms with Crippen LogP contribution in [-0.4, -0.2) is 7.05 Å². The largest absolute Gasteiger partial charge is 0.309 e. The number of halogens is 2. The highest BCUT2D eigenvalue weighted by molar-refractivity contribution is 7.17. The number of benzene rings is 2. The molecule has 0 aliphatic carbocycles. The first-order valence-electron chi connectivity index (χ1n) is 6.29. The molecule has 1 N–H and O–H groups in total. The van der Waals surface area contributed by atoms with E-state index in [1.165, 1.54) is 16.2 Å². The average molecular weight is 306 g/mol. The van der Waals surface area contributed by atoms with Crippen molar-refractivity contribution in [2.45, 2.75) is 6.04 Å². The second-order valence-electron chi connectivity index (χ2n) is 4.55. The van der Waals surface area contributed by atoms with Crippen molar-refractivity contribution >= 4 is 33.0 Å². The van der Waals surface area contributed by atoms with Gasteiger partial charge in [-0.2, -0.15) is 0 Å². The van der Waals surface area contributed by atoms with Gasteiger partial charge in [-0.25, -0.2) is 4.39 Å². The Morgan fingerprint density at radius 3 is 2.65 bits per heavy atom. The van der Waals surface area contributed by atoms with Gasteiger partial charge in [0.15, 0.2) is 0 Å². The molecule has 0 radical (unpaired) electrons. The van der Waals surface area contributed by atoms with Gasteiger partial charge in [-0.15, -0.1) is 11.3 Å². The molecule has 2 aromatic carbocycles. The Morgan fingerprint density at radius 1 is 1.10 bits per heavy atom. The Labute approximate surface area is 126 Å². The van der Waals surface area contributed by atoms with E-state index < -0.39 is 0 Å². The van der Waals surface area contributed by atoms with Crippen LogP contribution in [0.4, 0.5) is 4.39 Å². The third kappa shape index (κ3) is 2.22. The van der Waals surface area contributed by atoms with Crippen molar-refractivity contribution in [3.05, 3.63) is 69.8 Å². The van der Waals surface area contributed by atoms with Gasteiger partial charge in [0, 0.05) is 4.70 Å². The summed E-state index contributed by atoms with van der Waals surface area (Å²) in [5.41, 5.74) is 1.88. The molecular formula is C16H13ClFNS. The Balaban J connectivity index is 2.19. The summed E-state index contributed by atoms with van der Waals surface area (Å²) in [6.45, 7) is 0. The van der Waals surface area contributed by atoms with Gasteiger partial charge in [0.05, 0.1) is 11.1 Å². The Hall–Kier alpha value is -1.42. The topological polar surface area (TPSA) is 12.0 Å². The van der Waals surface area contributed by atoms with Crippen LogP contribution in [0.2, 0.25) is 5.02 Å². The van der Waals surface area contributed by atoms with Gasteiger partial charge in [-0.1, -0.05) is 41.9 Å². The Bertz CT molecular complexity index is 753. The van der Waals surface area contributed by atoms with Crippen LogP contribution in [0.15, 0.2) is 47.8 Å². The molecule has 0 aliphatic heterocycles. The zero-order valence-corrected chi connectivity index (χ0v) is 12.4. The van der Waals surface area contributed by atoms with Crippen LogP contribution in [0, 0.1) is 5.82 Å². The summed E-state index contributed by atoms with van der Waals surface area (Å²) >= 11 is 7.82. The highest BCUT2D eigenvalue weighted by atomic mass is 35.5. The van der Waals surface area contributed by atoms with E-state index in [1.807, 2.05) is 19.2 Å². The lowest BCUT2D eigenvalue weighted by molar-refractivity contribution is 0.618. The summed E-state index contributed by atoms with van der Waals surface area (Å²) in [6, 6.07) is 13.0. The summed E-state index contributed by atoms with van der Waals surface area (Å²) in [6.07, 6.45) is 0. The maximum Gasteiger partial charge on any atom is 0.142 e. The minimum atomic E-state index is -0.386. The lowest BCUT2D eigenvalue weighted by atomic mass is 9.97. The molecule has 0 saturated carbocycles. The predicted molar refractivity (Wildman–Crippen MR) is 84.1 cm³/mol. The Morgan fingerprint density at radius 2 is 1.85 bits per heavy atom. The van der Waals surface area contributed by atoms with E-state index >= 15 is 0 Å². The molecule has 1 aromatic heterocycles. The van der Waals surface area contributed by atoms with Crippen LogP contribution in [0.25, 0.3) is 10.1 Å². The highest BCUT2D eigenvalue weighted by Gasteiger charge is 2.19. The van der Waals surface area contributed by atoms with Crippen molar-refractivity contribution in [1.29, 1.82) is 0 Å². The molecule has 0 spiro atoms. The van der Waals surface area contributed by atoms with Crippen molar-refractivity contribution in [3.8, 4) is 0 Å². The normalized spacial score (nSPS) is 12.8. The maximum absolute atomic E-state index is 13.7. The zero-order chi connectivity index (χ0) is 14.1. The fourth-order valence-electron chi connectivity index (χ4n) is 2.47. The van der Waals surface area contributed by atoms with Crippen molar-refractivity contribution in [3.63, 3.8) is 0 Å². The van der Waals surface area contributed by atoms with Crippen LogP contribution >= 0.6 is 22.9 Å². The zero-order valence-electron chi connectivity index (χ0n) is 10.9. The lowest BCUT2D eigenvalue weighted by Crippen LogP contribution is -2.18. The molecule has 1 unspecified atom stereocenters. The summed E-state index contributed by atoms with van der Waals surface area (Å²) < 4.78 is 14.9. The van der Waals surface area contributed by atoms with Crippen molar-refractivity contribution in [1.82, 2.24) is 5.32 Å². The highest BCUT2D eigenvalue weighted by Crippen LogP contribution is 2.35. The first-order valence-corrected chi connectivity index (χ1v) is 7.55. The molecule has 0 fully saturated rings. The fourth-order valence-corrected chi connectivity index (χ4v) is 3.65. The quantitative estimate of drug-likeness (QED) is 0.718. The molecule has 3 rings (SSSR count). The number of nitrogens with one attached hydrogen (secondary N) is 1. The van der Waals surface area contributed by atoms with Crippen LogP contribution in [0.5, 0.6) is 0 Å². The molecule has 1 nitrogen and oxygen atoms in total. The summed E-state index contributed by atoms with van der Waals surface area (Å²) in [4.78, 5) is 0. The van der Waals surface area contributed by atoms with E-state index in [1.54, 1.807) is 17.4 Å². The van der Waals surface area contributed by atoms with Gasteiger partial charge in [0.1, 0.15) is 5.82 Å². The molecule has 0 aliphatic rings. The van der Waals surface area contributed by atoms with Gasteiger partial charge in [-0.3, -0.25) is 0 Å². The summed E-state index contributed by atoms with van der Waals surface area (Å²) in [5.74, 6) is -0.386. The average Bonchev–Trinajstić information content (AvgIpc) is 2.93. The van der Waals surface area contributed by atoms with E-state index in [0.29, 0.717) is 0 Å². The molecular weight excluding hydrogens is 293 g/mol. The van der Waals surface area contributed by atoms with Gasteiger partial charge in [0.25, 0.3) is 0 Å². The lowest BCUT2D eigenvalue weighted by Gasteiger charge is -2.19. The standard InChI is InChI=1S/C16H13ClFNS/c1-19-15(11-5-3-7-13(18)14(11)17)12-6-2-4-10-8-9-20-16(10)12/h2-9,15,19H,1H3. The number of fused-ring (bicyclic) bond motifs is 1. The van der Waals surface area contributed by atoms with Crippen LogP contribution in [0.1, 0.15) is 17.2 Å².